The summed E-state index contributed by atoms with van der Waals surface area (Å²) in [5, 5.41) is 94.5. The summed E-state index contributed by atoms with van der Waals surface area (Å²) in [6, 6.07) is 0. The quantitative estimate of drug-likeness (QED) is 0.00937. The van der Waals surface area contributed by atoms with E-state index in [-0.39, 0.29) is 37.9 Å². The third-order valence-electron chi connectivity index (χ3n) is 17.4. The van der Waals surface area contributed by atoms with Crippen LogP contribution >= 0.6 is 0 Å². The van der Waals surface area contributed by atoms with Gasteiger partial charge in [0.1, 0.15) is 19.5 Å². The van der Waals surface area contributed by atoms with Crippen molar-refractivity contribution in [2.45, 2.75) is 211 Å². The van der Waals surface area contributed by atoms with E-state index in [0.29, 0.717) is 33.1 Å². The van der Waals surface area contributed by atoms with Gasteiger partial charge in [-0.15, -0.1) is 0 Å². The minimum atomic E-state index is -6.45. The summed E-state index contributed by atoms with van der Waals surface area (Å²) >= 11 is 0. The highest BCUT2D eigenvalue weighted by molar-refractivity contribution is 5.90. The molecule has 4 unspecified atom stereocenters. The third-order valence-corrected chi connectivity index (χ3v) is 17.4. The van der Waals surface area contributed by atoms with Crippen molar-refractivity contribution in [3.63, 3.8) is 0 Å². The van der Waals surface area contributed by atoms with Gasteiger partial charge in [-0.25, -0.2) is 42.3 Å². The van der Waals surface area contributed by atoms with Crippen LogP contribution in [0.15, 0.2) is 85.1 Å². The number of halogens is 41. The number of methoxy groups -OCH3 is 2. The van der Waals surface area contributed by atoms with Gasteiger partial charge in [-0.3, -0.25) is 0 Å². The average Bonchev–Trinajstić information content (AvgIpc) is 1.36. The normalized spacial score (nSPS) is 15.8. The van der Waals surface area contributed by atoms with Gasteiger partial charge in [-0.05, 0) is 78.1 Å². The minimum Gasteiger partial charge on any atom is -0.466 e. The first-order valence-corrected chi connectivity index (χ1v) is 35.8. The molecule has 0 saturated heterocycles. The molecule has 27 nitrogen and oxygen atoms in total. The minimum absolute atomic E-state index is 0.0764. The van der Waals surface area contributed by atoms with E-state index in [9.17, 15) is 214 Å². The Morgan fingerprint density at radius 2 is 0.655 bits per heavy atom. The van der Waals surface area contributed by atoms with Crippen molar-refractivity contribution < 1.29 is 312 Å². The second kappa shape index (κ2) is 52.9. The van der Waals surface area contributed by atoms with Crippen molar-refractivity contribution in [2.24, 2.45) is 17.8 Å². The fourth-order valence-electron chi connectivity index (χ4n) is 9.61. The van der Waals surface area contributed by atoms with Gasteiger partial charge in [0.05, 0.1) is 92.4 Å². The molecule has 0 amide bonds. The molecule has 2 aliphatic carbocycles. The average molecular weight is 2150 g/mol. The number of ether oxygens (including phenoxy) is 9. The molecule has 2 fully saturated rings. The Morgan fingerprint density at radius 3 is 0.906 bits per heavy atom. The van der Waals surface area contributed by atoms with Crippen LogP contribution in [0, 0.1) is 17.8 Å². The summed E-state index contributed by atoms with van der Waals surface area (Å²) in [5.74, 6) is -29.0. The van der Waals surface area contributed by atoms with Crippen LogP contribution in [0.5, 0.6) is 0 Å². The van der Waals surface area contributed by atoms with Crippen LogP contribution in [-0.2, 0) is 76.2 Å². The molecule has 0 aliphatic heterocycles. The van der Waals surface area contributed by atoms with Crippen LogP contribution in [0.4, 0.5) is 180 Å². The molecule has 0 aromatic rings. The molecule has 4 atom stereocenters. The number of aliphatic hydroxyl groups is 11. The van der Waals surface area contributed by atoms with Gasteiger partial charge in [0.15, 0.2) is 24.4 Å². The van der Waals surface area contributed by atoms with Crippen LogP contribution in [0.25, 0.3) is 0 Å². The van der Waals surface area contributed by atoms with E-state index in [0.717, 1.165) is 20.5 Å². The number of aliphatic hydroxyl groups excluding tert-OH is 7. The Bertz CT molecular complexity index is 3930. The van der Waals surface area contributed by atoms with Crippen LogP contribution in [0.2, 0.25) is 0 Å². The van der Waals surface area contributed by atoms with Crippen molar-refractivity contribution in [2.75, 3.05) is 87.1 Å². The zero-order chi connectivity index (χ0) is 113. The molecule has 0 aromatic heterocycles. The van der Waals surface area contributed by atoms with E-state index in [1.807, 2.05) is 0 Å². The van der Waals surface area contributed by atoms with Crippen LogP contribution in [0.3, 0.4) is 0 Å². The third kappa shape index (κ3) is 39.0. The maximum absolute atomic E-state index is 13.3. The number of rotatable bonds is 34. The number of carbonyl (C=O) groups excluding carboxylic acids is 7. The number of hydrogen-bond acceptors (Lipinski definition) is 27. The van der Waals surface area contributed by atoms with E-state index in [1.54, 1.807) is 0 Å². The maximum atomic E-state index is 13.3. The van der Waals surface area contributed by atoms with Crippen molar-refractivity contribution in [1.82, 2.24) is 0 Å². The zero-order valence-electron chi connectivity index (χ0n) is 71.3. The van der Waals surface area contributed by atoms with E-state index < -0.39 is 298 Å². The zero-order valence-corrected chi connectivity index (χ0v) is 71.3. The second-order valence-corrected chi connectivity index (χ2v) is 28.7. The van der Waals surface area contributed by atoms with Crippen molar-refractivity contribution in [3.05, 3.63) is 85.1 Å². The Balaban J connectivity index is -0.000000368. The highest BCUT2D eigenvalue weighted by Crippen LogP contribution is 2.58. The first kappa shape index (κ1) is 141. The molecule has 0 spiro atoms. The van der Waals surface area contributed by atoms with Gasteiger partial charge in [0, 0.05) is 13.5 Å². The van der Waals surface area contributed by atoms with Crippen LogP contribution < -0.4 is 0 Å². The Kier molecular flexibility index (Phi) is 53.6. The Morgan fingerprint density at radius 1 is 0.360 bits per heavy atom. The monoisotopic (exact) mass is 2150 g/mol. The van der Waals surface area contributed by atoms with Gasteiger partial charge in [0.2, 0.25) is 0 Å². The number of fused-ring (bicyclic) bond motifs is 2. The SMILES string of the molecule is C=C(CO)C(=O)OC.C=C(CO)C(=O)OC(C)(C)C(O)(C(F)(F)F)C(F)(F)F.C=C(CO)C(=O)OC(C)(C)C(OCOC)(C(F)(F)F)C(F)(F)F.C=C(CO)C(=O)OC(C)CC(O)(C(F)(F)F)C(F)(F)F.C=C(CO)C(=O)OCC(F)(F)C(F)(F)C(F)(F)C(F)F.C=C(CO)C(=O)OCC(F)(F)F.C=C(CO)C(=O)OCC(O)(C(F)(F)F)C(F)(F)F.OC(CC1CC2CCC1C2)(C(F)(F)F)C(F)(F)F. The molecule has 2 aliphatic rings. The molecular formula is C71H85F41O27. The molecule has 68 heteroatoms. The van der Waals surface area contributed by atoms with Gasteiger partial charge in [-0.1, -0.05) is 52.5 Å². The molecule has 11 N–H and O–H groups in total. The summed E-state index contributed by atoms with van der Waals surface area (Å²) in [4.78, 5) is 75.9. The molecule has 139 heavy (non-hydrogen) atoms. The summed E-state index contributed by atoms with van der Waals surface area (Å²) < 4.78 is 546. The number of carbonyl (C=O) groups is 7. The van der Waals surface area contributed by atoms with Gasteiger partial charge >= 0.3 is 140 Å². The highest BCUT2D eigenvalue weighted by atomic mass is 19.5. The molecular weight excluding hydrogens is 2060 g/mol. The van der Waals surface area contributed by atoms with Gasteiger partial charge in [0.25, 0.3) is 22.4 Å². The Labute approximate surface area is 753 Å². The van der Waals surface area contributed by atoms with Crippen molar-refractivity contribution in [1.29, 1.82) is 0 Å². The van der Waals surface area contributed by atoms with Gasteiger partial charge in [-0.2, -0.15) is 171 Å². The summed E-state index contributed by atoms with van der Waals surface area (Å²) in [5.41, 5.74) is -35.4. The van der Waals surface area contributed by atoms with Crippen LogP contribution in [-0.4, -0.2) is 322 Å². The van der Waals surface area contributed by atoms with E-state index >= 15 is 0 Å². The van der Waals surface area contributed by atoms with E-state index in [1.165, 1.54) is 7.11 Å². The number of esters is 7. The predicted molar refractivity (Wildman–Crippen MR) is 375 cm³/mol. The largest absolute Gasteiger partial charge is 0.466 e. The summed E-state index contributed by atoms with van der Waals surface area (Å²) in [6.07, 6.45) is -71.8. The predicted octanol–water partition coefficient (Wildman–Crippen LogP) is 13.0. The molecule has 0 heterocycles. The first-order valence-electron chi connectivity index (χ1n) is 35.8. The summed E-state index contributed by atoms with van der Waals surface area (Å²) in [7, 11) is 2.06. The van der Waals surface area contributed by atoms with Crippen molar-refractivity contribution >= 4 is 41.8 Å². The molecule has 2 rings (SSSR count). The smallest absolute Gasteiger partial charge is 0.430 e. The highest BCUT2D eigenvalue weighted by Gasteiger charge is 2.82. The Hall–Kier alpha value is -8.92. The fourth-order valence-corrected chi connectivity index (χ4v) is 9.61. The van der Waals surface area contributed by atoms with E-state index in [2.05, 4.69) is 88.7 Å². The summed E-state index contributed by atoms with van der Waals surface area (Å²) in [6.45, 7) is 8.68. The number of hydrogen-bond donors (Lipinski definition) is 11. The molecule has 0 aromatic carbocycles. The maximum Gasteiger partial charge on any atom is 0.430 e. The molecule has 0 radical (unpaired) electrons. The molecule has 2 saturated carbocycles. The number of alkyl halides is 41. The lowest BCUT2D eigenvalue weighted by Crippen LogP contribution is -2.71. The molecule has 2 bridgehead atoms. The lowest BCUT2D eigenvalue weighted by Gasteiger charge is -2.46. The second-order valence-electron chi connectivity index (χ2n) is 28.7. The van der Waals surface area contributed by atoms with Gasteiger partial charge < -0.3 is 98.8 Å². The van der Waals surface area contributed by atoms with E-state index in [4.69, 9.17) is 56.2 Å². The molecule has 818 valence electrons. The lowest BCUT2D eigenvalue weighted by molar-refractivity contribution is -0.428. The topological polar surface area (TPSA) is 425 Å². The van der Waals surface area contributed by atoms with Crippen molar-refractivity contribution in [3.8, 4) is 0 Å². The first-order chi connectivity index (χ1) is 61.4. The lowest BCUT2D eigenvalue weighted by atomic mass is 9.79. The van der Waals surface area contributed by atoms with Crippen LogP contribution in [0.1, 0.15) is 73.1 Å². The fraction of sp³-hybridized carbons (Fsp3) is 0.704. The standard InChI is InChI=1S/C12H16F6O5.C11H14F6O.2C10H12F6O4.C9H8F8O3.C8H8F6O4.C6H7F3O3.C5H8O3/c1-7(5-19)8(20)23-9(2,3)10(11(13,14)15,12(16,17)18)22-6-21-4;12-10(13,14)9(18,11(15,16)17)5-8-4-6-1-2-7(8)3-6;1-5(4-17)6(18)20-7(2,3)8(19,9(11,12)13)10(14,15)16;1-5(4-17)7(18)20-6(2)3-8(19,9(11,12)13)10(14,15)16;1-4(2-18)5(19)20-3-7(12,13)9(16,17)8(14,15)6(10)11;1-4(2-15)5(16)18-3-6(17,7(9,10)11)8(12,13)14;1-4(2-10)5(11)12-3-6(7,8)9;1-4(3-6)5(7)8-2/h19H,1,5-6H2,2-4H3;6-8,18H,1-5H2;17,19H,1,4H2,2-3H3;6,17,19H,1,3-4H2,2H3;6,18H,1-3H2;15,17H,1-3H2;10H,1-3H2;6H,1,3H2,2H3.